The summed E-state index contributed by atoms with van der Waals surface area (Å²) in [4.78, 5) is 0. The number of hydrogen-bond acceptors (Lipinski definition) is 1. The number of terminal acetylenes is 1. The summed E-state index contributed by atoms with van der Waals surface area (Å²) in [7, 11) is -1.00. The molecule has 50 valence electrons. The third-order valence-electron chi connectivity index (χ3n) is 1.36. The van der Waals surface area contributed by atoms with Crippen LogP contribution in [0.4, 0.5) is 4.39 Å². The van der Waals surface area contributed by atoms with Gasteiger partial charge in [0.1, 0.15) is 6.17 Å². The summed E-state index contributed by atoms with van der Waals surface area (Å²) < 4.78 is 23.1. The first-order chi connectivity index (χ1) is 4.24. The Bertz CT molecular complexity index is 172. The molecule has 3 atom stereocenters. The molecule has 3 unspecified atom stereocenters. The van der Waals surface area contributed by atoms with Crippen LogP contribution >= 0.6 is 0 Å². The van der Waals surface area contributed by atoms with Crippen molar-refractivity contribution in [3.63, 3.8) is 0 Å². The van der Waals surface area contributed by atoms with E-state index in [1.54, 1.807) is 0 Å². The van der Waals surface area contributed by atoms with Crippen molar-refractivity contribution in [1.29, 1.82) is 0 Å². The van der Waals surface area contributed by atoms with Gasteiger partial charge in [0.25, 0.3) is 0 Å². The average Bonchev–Trinajstić information content (AvgIpc) is 2.10. The molecule has 0 amide bonds. The van der Waals surface area contributed by atoms with Gasteiger partial charge in [0, 0.05) is 16.6 Å². The van der Waals surface area contributed by atoms with E-state index in [0.717, 1.165) is 0 Å². The molecule has 0 radical (unpaired) electrons. The zero-order chi connectivity index (χ0) is 6.85. The van der Waals surface area contributed by atoms with Crippen molar-refractivity contribution < 1.29 is 8.60 Å². The van der Waals surface area contributed by atoms with Crippen molar-refractivity contribution in [3.05, 3.63) is 0 Å². The molecule has 9 heavy (non-hydrogen) atoms. The summed E-state index contributed by atoms with van der Waals surface area (Å²) >= 11 is 0. The molecule has 1 rings (SSSR count). The Morgan fingerprint density at radius 1 is 1.67 bits per heavy atom. The summed E-state index contributed by atoms with van der Waals surface area (Å²) in [5, 5.41) is 0. The van der Waals surface area contributed by atoms with Crippen molar-refractivity contribution in [2.24, 2.45) is 5.92 Å². The molecule has 1 fully saturated rings. The second-order valence-corrected chi connectivity index (χ2v) is 3.61. The highest BCUT2D eigenvalue weighted by atomic mass is 32.2. The minimum atomic E-state index is -1.03. The molecule has 0 aromatic heterocycles. The van der Waals surface area contributed by atoms with Crippen molar-refractivity contribution in [3.8, 4) is 12.3 Å². The molecule has 0 saturated carbocycles. The monoisotopic (exact) mass is 146 g/mol. The van der Waals surface area contributed by atoms with Gasteiger partial charge in [-0.3, -0.25) is 4.21 Å². The van der Waals surface area contributed by atoms with Crippen LogP contribution in [-0.4, -0.2) is 21.9 Å². The lowest BCUT2D eigenvalue weighted by Crippen LogP contribution is -2.09. The molecule has 1 aliphatic rings. The first kappa shape index (κ1) is 6.76. The number of halogens is 1. The van der Waals surface area contributed by atoms with E-state index >= 15 is 0 Å². The van der Waals surface area contributed by atoms with Crippen LogP contribution in [-0.2, 0) is 10.8 Å². The van der Waals surface area contributed by atoms with Crippen LogP contribution in [0, 0.1) is 18.3 Å². The molecule has 1 saturated heterocycles. The fraction of sp³-hybridized carbons (Fsp3) is 0.667. The molecule has 3 heteroatoms. The zero-order valence-corrected chi connectivity index (χ0v) is 5.66. The third-order valence-corrected chi connectivity index (χ3v) is 2.78. The number of hydrogen-bond donors (Lipinski definition) is 0. The van der Waals surface area contributed by atoms with Gasteiger partial charge in [0.2, 0.25) is 0 Å². The Labute approximate surface area is 56.1 Å². The van der Waals surface area contributed by atoms with E-state index in [0.29, 0.717) is 5.75 Å². The van der Waals surface area contributed by atoms with Crippen LogP contribution in [0.15, 0.2) is 0 Å². The Morgan fingerprint density at radius 3 is 2.56 bits per heavy atom. The van der Waals surface area contributed by atoms with E-state index in [9.17, 15) is 8.60 Å². The van der Waals surface area contributed by atoms with Crippen LogP contribution < -0.4 is 0 Å². The van der Waals surface area contributed by atoms with Gasteiger partial charge in [-0.2, -0.15) is 0 Å². The SMILES string of the molecule is C#CC1CS(=O)CC1F. The van der Waals surface area contributed by atoms with Gasteiger partial charge >= 0.3 is 0 Å². The molecule has 0 spiro atoms. The van der Waals surface area contributed by atoms with E-state index in [4.69, 9.17) is 6.42 Å². The van der Waals surface area contributed by atoms with Crippen molar-refractivity contribution in [1.82, 2.24) is 0 Å². The predicted molar refractivity (Wildman–Crippen MR) is 35.1 cm³/mol. The Kier molecular flexibility index (Phi) is 1.87. The first-order valence-corrected chi connectivity index (χ1v) is 4.18. The van der Waals surface area contributed by atoms with Crippen LogP contribution in [0.2, 0.25) is 0 Å². The molecule has 1 aliphatic heterocycles. The number of rotatable bonds is 0. The maximum absolute atomic E-state index is 12.5. The van der Waals surface area contributed by atoms with Crippen molar-refractivity contribution in [2.45, 2.75) is 6.17 Å². The minimum absolute atomic E-state index is 0.134. The minimum Gasteiger partial charge on any atom is -0.259 e. The molecule has 1 nitrogen and oxygen atoms in total. The summed E-state index contributed by atoms with van der Waals surface area (Å²) in [6.07, 6.45) is 3.93. The third kappa shape index (κ3) is 1.31. The molecule has 0 N–H and O–H groups in total. The molecule has 0 aliphatic carbocycles. The van der Waals surface area contributed by atoms with Crippen molar-refractivity contribution >= 4 is 10.8 Å². The van der Waals surface area contributed by atoms with Gasteiger partial charge < -0.3 is 0 Å². The summed E-state index contributed by atoms with van der Waals surface area (Å²) in [5.74, 6) is 2.36. The lowest BCUT2D eigenvalue weighted by atomic mass is 10.1. The van der Waals surface area contributed by atoms with Gasteiger partial charge in [-0.25, -0.2) is 4.39 Å². The maximum atomic E-state index is 12.5. The Balaban J connectivity index is 2.60. The lowest BCUT2D eigenvalue weighted by molar-refractivity contribution is 0.327. The Hall–Kier alpha value is -0.360. The highest BCUT2D eigenvalue weighted by Gasteiger charge is 2.30. The van der Waals surface area contributed by atoms with E-state index < -0.39 is 22.9 Å². The highest BCUT2D eigenvalue weighted by molar-refractivity contribution is 7.85. The molecular weight excluding hydrogens is 139 g/mol. The zero-order valence-electron chi connectivity index (χ0n) is 4.84. The van der Waals surface area contributed by atoms with E-state index in [-0.39, 0.29) is 5.75 Å². The smallest absolute Gasteiger partial charge is 0.126 e. The normalized spacial score (nSPS) is 42.4. The van der Waals surface area contributed by atoms with E-state index in [1.807, 2.05) is 0 Å². The van der Waals surface area contributed by atoms with Gasteiger partial charge in [0.05, 0.1) is 11.7 Å². The quantitative estimate of drug-likeness (QED) is 0.450. The van der Waals surface area contributed by atoms with Gasteiger partial charge in [-0.15, -0.1) is 6.42 Å². The van der Waals surface area contributed by atoms with Gasteiger partial charge in [-0.05, 0) is 0 Å². The van der Waals surface area contributed by atoms with Crippen LogP contribution in [0.3, 0.4) is 0 Å². The molecule has 0 aromatic rings. The standard InChI is InChI=1S/C6H7FOS/c1-2-5-3-9(8)4-6(5)7/h1,5-6H,3-4H2. The average molecular weight is 146 g/mol. The molecule has 0 bridgehead atoms. The van der Waals surface area contributed by atoms with E-state index in [1.165, 1.54) is 0 Å². The van der Waals surface area contributed by atoms with E-state index in [2.05, 4.69) is 5.92 Å². The Morgan fingerprint density at radius 2 is 2.33 bits per heavy atom. The second-order valence-electron chi connectivity index (χ2n) is 2.06. The van der Waals surface area contributed by atoms with Gasteiger partial charge in [0.15, 0.2) is 0 Å². The lowest BCUT2D eigenvalue weighted by Gasteiger charge is -1.98. The van der Waals surface area contributed by atoms with Crippen molar-refractivity contribution in [2.75, 3.05) is 11.5 Å². The van der Waals surface area contributed by atoms with Crippen LogP contribution in [0.5, 0.6) is 0 Å². The van der Waals surface area contributed by atoms with Crippen LogP contribution in [0.1, 0.15) is 0 Å². The fourth-order valence-electron chi connectivity index (χ4n) is 0.819. The summed E-state index contributed by atoms with van der Waals surface area (Å²) in [5.41, 5.74) is 0. The molecule has 0 aromatic carbocycles. The van der Waals surface area contributed by atoms with Gasteiger partial charge in [-0.1, -0.05) is 5.92 Å². The molecule has 1 heterocycles. The number of alkyl halides is 1. The topological polar surface area (TPSA) is 17.1 Å². The second kappa shape index (κ2) is 2.49. The summed E-state index contributed by atoms with van der Waals surface area (Å²) in [6, 6.07) is 0. The molecular formula is C6H7FOS. The first-order valence-electron chi connectivity index (χ1n) is 2.69. The largest absolute Gasteiger partial charge is 0.259 e. The predicted octanol–water partition coefficient (Wildman–Crippen LogP) is 0.336. The maximum Gasteiger partial charge on any atom is 0.126 e. The highest BCUT2D eigenvalue weighted by Crippen LogP contribution is 2.17. The van der Waals surface area contributed by atoms with Crippen LogP contribution in [0.25, 0.3) is 0 Å². The fourth-order valence-corrected chi connectivity index (χ4v) is 2.25. The summed E-state index contributed by atoms with van der Waals surface area (Å²) in [6.45, 7) is 0.